The van der Waals surface area contributed by atoms with Gasteiger partial charge in [0, 0.05) is 0 Å². The monoisotopic (exact) mass is 378 g/mol. The van der Waals surface area contributed by atoms with Crippen LogP contribution in [0.2, 0.25) is 0 Å². The maximum Gasteiger partial charge on any atom is 0.417 e. The molecule has 0 aromatic heterocycles. The van der Waals surface area contributed by atoms with Crippen LogP contribution in [0.5, 0.6) is 0 Å². The van der Waals surface area contributed by atoms with Gasteiger partial charge in [-0.3, -0.25) is 0 Å². The average Bonchev–Trinajstić information content (AvgIpc) is 2.43. The molecule has 0 saturated carbocycles. The second kappa shape index (κ2) is 6.76. The van der Waals surface area contributed by atoms with Crippen molar-refractivity contribution in [2.45, 2.75) is 57.0 Å². The summed E-state index contributed by atoms with van der Waals surface area (Å²) in [6, 6.07) is 0.411. The van der Waals surface area contributed by atoms with Crippen LogP contribution in [-0.2, 0) is 23.8 Å². The number of hydrogen-bond donors (Lipinski definition) is 0. The van der Waals surface area contributed by atoms with Crippen LogP contribution in [0.3, 0.4) is 0 Å². The predicted molar refractivity (Wildman–Crippen MR) is 76.9 cm³/mol. The van der Waals surface area contributed by atoms with Gasteiger partial charge in [-0.25, -0.2) is 0 Å². The third-order valence-corrected chi connectivity index (χ3v) is 4.31. The molecule has 1 atom stereocenters. The van der Waals surface area contributed by atoms with E-state index < -0.39 is 46.1 Å². The molecule has 142 valence electrons. The fourth-order valence-electron chi connectivity index (χ4n) is 2.82. The molecule has 0 aliphatic rings. The molecule has 0 spiro atoms. The number of alkyl halides is 9. The van der Waals surface area contributed by atoms with E-state index >= 15 is 0 Å². The minimum absolute atomic E-state index is 0.181. The van der Waals surface area contributed by atoms with Crippen molar-refractivity contribution < 1.29 is 39.5 Å². The van der Waals surface area contributed by atoms with Crippen LogP contribution >= 0.6 is 0 Å². The fraction of sp³-hybridized carbons (Fsp3) is 0.600. The minimum Gasteiger partial charge on any atom is -0.166 e. The molecule has 0 fully saturated rings. The summed E-state index contributed by atoms with van der Waals surface area (Å²) in [4.78, 5) is 0. The summed E-state index contributed by atoms with van der Waals surface area (Å²) in [5, 5.41) is -1.10. The highest BCUT2D eigenvalue weighted by atomic mass is 19.4. The number of benzene rings is 1. The smallest absolute Gasteiger partial charge is 0.166 e. The van der Waals surface area contributed by atoms with Gasteiger partial charge >= 0.3 is 18.5 Å². The Hall–Kier alpha value is -1.35. The van der Waals surface area contributed by atoms with Crippen molar-refractivity contribution >= 4 is 7.85 Å². The highest BCUT2D eigenvalue weighted by molar-refractivity contribution is 6.16. The molecule has 0 bridgehead atoms. The molecule has 0 amide bonds. The Balaban J connectivity index is 3.95. The average molecular weight is 378 g/mol. The minimum atomic E-state index is -5.79. The summed E-state index contributed by atoms with van der Waals surface area (Å²) in [6.07, 6.45) is -16.1. The van der Waals surface area contributed by atoms with Gasteiger partial charge in [-0.15, -0.1) is 0 Å². The van der Waals surface area contributed by atoms with Crippen molar-refractivity contribution in [1.82, 2.24) is 0 Å². The highest BCUT2D eigenvalue weighted by Gasteiger charge is 2.51. The molecule has 1 unspecified atom stereocenters. The summed E-state index contributed by atoms with van der Waals surface area (Å²) < 4.78 is 118. The molecule has 0 saturated heterocycles. The summed E-state index contributed by atoms with van der Waals surface area (Å²) in [7, 11) is 1.44. The molecule has 10 heteroatoms. The molecule has 0 N–H and O–H groups in total. The Morgan fingerprint density at radius 2 is 1.16 bits per heavy atom. The lowest BCUT2D eigenvalue weighted by Gasteiger charge is -2.31. The summed E-state index contributed by atoms with van der Waals surface area (Å²) in [5.41, 5.74) is -7.70. The third-order valence-electron chi connectivity index (χ3n) is 4.31. The molecular formula is C15H16BF9. The van der Waals surface area contributed by atoms with E-state index in [-0.39, 0.29) is 25.0 Å². The largest absolute Gasteiger partial charge is 0.417 e. The number of rotatable bonds is 4. The first-order valence-corrected chi connectivity index (χ1v) is 7.48. The Morgan fingerprint density at radius 3 is 1.40 bits per heavy atom. The highest BCUT2D eigenvalue weighted by Crippen LogP contribution is 2.48. The first kappa shape index (κ1) is 21.7. The summed E-state index contributed by atoms with van der Waals surface area (Å²) >= 11 is 0. The van der Waals surface area contributed by atoms with E-state index in [1.807, 2.05) is 0 Å². The standard InChI is InChI=1S/C15H16BF9/c1-3-5-12(16,4-2)8-6-9(13(17,18)19)11(15(23,24)25)10(7-8)14(20,21)22/h6-7H,3-5,16H2,1-2H3. The van der Waals surface area contributed by atoms with E-state index in [0.29, 0.717) is 6.42 Å². The van der Waals surface area contributed by atoms with E-state index in [0.717, 1.165) is 0 Å². The lowest BCUT2D eigenvalue weighted by atomic mass is 9.59. The normalized spacial score (nSPS) is 16.0. The van der Waals surface area contributed by atoms with E-state index in [4.69, 9.17) is 0 Å². The van der Waals surface area contributed by atoms with E-state index in [9.17, 15) is 39.5 Å². The molecule has 1 aromatic carbocycles. The molecule has 0 aliphatic carbocycles. The van der Waals surface area contributed by atoms with Crippen LogP contribution in [0.25, 0.3) is 0 Å². The predicted octanol–water partition coefficient (Wildman–Crippen LogP) is 5.78. The van der Waals surface area contributed by atoms with Crippen LogP contribution in [0.1, 0.15) is 55.4 Å². The zero-order valence-electron chi connectivity index (χ0n) is 13.7. The topological polar surface area (TPSA) is 0 Å². The van der Waals surface area contributed by atoms with Gasteiger partial charge in [0.25, 0.3) is 0 Å². The molecule has 0 radical (unpaired) electrons. The first-order valence-electron chi connectivity index (χ1n) is 7.48. The Labute approximate surface area is 139 Å². The first-order chi connectivity index (χ1) is 11.1. The Kier molecular flexibility index (Phi) is 5.86. The van der Waals surface area contributed by atoms with E-state index in [1.165, 1.54) is 7.85 Å². The summed E-state index contributed by atoms with van der Waals surface area (Å²) in [5.74, 6) is 0. The van der Waals surface area contributed by atoms with Crippen LogP contribution in [0, 0.1) is 0 Å². The molecular weight excluding hydrogens is 362 g/mol. The molecule has 25 heavy (non-hydrogen) atoms. The van der Waals surface area contributed by atoms with Crippen LogP contribution in [0.4, 0.5) is 39.5 Å². The molecule has 0 heterocycles. The van der Waals surface area contributed by atoms with Crippen molar-refractivity contribution in [2.75, 3.05) is 0 Å². The SMILES string of the molecule is BC(CC)(CCC)c1cc(C(F)(F)F)c(C(F)(F)F)c(C(F)(F)F)c1. The molecule has 0 aliphatic heterocycles. The van der Waals surface area contributed by atoms with Crippen LogP contribution in [-0.4, -0.2) is 7.85 Å². The van der Waals surface area contributed by atoms with Gasteiger partial charge in [-0.05, 0) is 23.0 Å². The van der Waals surface area contributed by atoms with Gasteiger partial charge in [0.05, 0.1) is 16.7 Å². The van der Waals surface area contributed by atoms with Crippen molar-refractivity contribution in [3.63, 3.8) is 0 Å². The second-order valence-corrected chi connectivity index (χ2v) is 6.10. The van der Waals surface area contributed by atoms with E-state index in [2.05, 4.69) is 0 Å². The van der Waals surface area contributed by atoms with E-state index in [1.54, 1.807) is 13.8 Å². The second-order valence-electron chi connectivity index (χ2n) is 6.10. The van der Waals surface area contributed by atoms with Gasteiger partial charge in [0.2, 0.25) is 0 Å². The zero-order valence-corrected chi connectivity index (χ0v) is 13.7. The number of halogens is 9. The quantitative estimate of drug-likeness (QED) is 0.460. The van der Waals surface area contributed by atoms with Gasteiger partial charge in [-0.2, -0.15) is 39.5 Å². The Morgan fingerprint density at radius 1 is 0.760 bits per heavy atom. The summed E-state index contributed by atoms with van der Waals surface area (Å²) in [6.45, 7) is 3.25. The van der Waals surface area contributed by atoms with Gasteiger partial charge in [-0.1, -0.05) is 33.1 Å². The maximum atomic E-state index is 13.1. The van der Waals surface area contributed by atoms with Crippen LogP contribution < -0.4 is 0 Å². The van der Waals surface area contributed by atoms with Gasteiger partial charge in [0.1, 0.15) is 7.85 Å². The lowest BCUT2D eigenvalue weighted by Crippen LogP contribution is -2.29. The van der Waals surface area contributed by atoms with Crippen molar-refractivity contribution in [3.8, 4) is 0 Å². The molecule has 0 nitrogen and oxygen atoms in total. The van der Waals surface area contributed by atoms with Crippen LogP contribution in [0.15, 0.2) is 12.1 Å². The van der Waals surface area contributed by atoms with Gasteiger partial charge < -0.3 is 0 Å². The third kappa shape index (κ3) is 4.64. The van der Waals surface area contributed by atoms with Crippen molar-refractivity contribution in [3.05, 3.63) is 34.4 Å². The van der Waals surface area contributed by atoms with Crippen molar-refractivity contribution in [1.29, 1.82) is 0 Å². The molecule has 1 rings (SSSR count). The molecule has 1 aromatic rings. The van der Waals surface area contributed by atoms with Gasteiger partial charge in [0.15, 0.2) is 0 Å². The zero-order chi connectivity index (χ0) is 19.8. The fourth-order valence-corrected chi connectivity index (χ4v) is 2.82. The number of hydrogen-bond acceptors (Lipinski definition) is 0. The maximum absolute atomic E-state index is 13.1. The Bertz CT molecular complexity index is 578. The lowest BCUT2D eigenvalue weighted by molar-refractivity contribution is -0.174. The van der Waals surface area contributed by atoms with Crippen molar-refractivity contribution in [2.24, 2.45) is 0 Å².